The van der Waals surface area contributed by atoms with Crippen LogP contribution in [0.4, 0.5) is 0 Å². The lowest BCUT2D eigenvalue weighted by atomic mass is 10.3. The molecule has 0 bridgehead atoms. The molecule has 1 aliphatic heterocycles. The van der Waals surface area contributed by atoms with Crippen molar-refractivity contribution in [3.63, 3.8) is 0 Å². The fraction of sp³-hybridized carbons (Fsp3) is 0.857. The van der Waals surface area contributed by atoms with Crippen LogP contribution in [0.3, 0.4) is 0 Å². The second kappa shape index (κ2) is 3.71. The highest BCUT2D eigenvalue weighted by molar-refractivity contribution is 5.80. The molecule has 0 fully saturated rings. The molecule has 0 spiro atoms. The molecule has 1 unspecified atom stereocenters. The number of hydrogen-bond acceptors (Lipinski definition) is 2. The van der Waals surface area contributed by atoms with E-state index in [1.807, 2.05) is 0 Å². The molecule has 0 aromatic carbocycles. The molecule has 1 aliphatic rings. The van der Waals surface area contributed by atoms with Gasteiger partial charge in [0.05, 0.1) is 13.5 Å². The number of halogens is 1. The zero-order valence-electron chi connectivity index (χ0n) is 7.34. The minimum Gasteiger partial charge on any atom is -1.00 e. The molecule has 0 amide bonds. The van der Waals surface area contributed by atoms with Gasteiger partial charge in [0.1, 0.15) is 12.6 Å². The van der Waals surface area contributed by atoms with Crippen LogP contribution < -0.4 is 29.7 Å². The molecule has 4 heteroatoms. The number of nitrogens with zero attached hydrogens (tertiary/aromatic N) is 2. The maximum atomic E-state index is 5.58. The molecule has 66 valence electrons. The third kappa shape index (κ3) is 2.30. The maximum Gasteiger partial charge on any atom is 0.161 e. The molecule has 0 saturated carbocycles. The molecule has 11 heavy (non-hydrogen) atoms. The number of quaternary nitrogens is 1. The Hall–Kier alpha value is 0.160. The van der Waals surface area contributed by atoms with Crippen molar-refractivity contribution in [2.24, 2.45) is 10.8 Å². The molecular formula is C7H16IN3. The van der Waals surface area contributed by atoms with E-state index in [4.69, 9.17) is 5.73 Å². The Kier molecular flexibility index (Phi) is 3.76. The van der Waals surface area contributed by atoms with Crippen molar-refractivity contribution in [1.82, 2.24) is 0 Å². The number of nitrogens with two attached hydrogens (primary N) is 1. The van der Waals surface area contributed by atoms with E-state index >= 15 is 0 Å². The predicted molar refractivity (Wildman–Crippen MR) is 42.4 cm³/mol. The van der Waals surface area contributed by atoms with Gasteiger partial charge in [-0.05, 0) is 13.8 Å². The van der Waals surface area contributed by atoms with Gasteiger partial charge in [0.25, 0.3) is 0 Å². The highest BCUT2D eigenvalue weighted by Crippen LogP contribution is 2.17. The third-order valence-electron chi connectivity index (χ3n) is 2.29. The first-order valence-electron chi connectivity index (χ1n) is 3.74. The normalized spacial score (nSPS) is 30.0. The minimum absolute atomic E-state index is 0. The molecule has 1 heterocycles. The second-order valence-electron chi connectivity index (χ2n) is 3.37. The first-order valence-corrected chi connectivity index (χ1v) is 3.74. The highest BCUT2D eigenvalue weighted by Gasteiger charge is 2.31. The monoisotopic (exact) mass is 269 g/mol. The predicted octanol–water partition coefficient (Wildman–Crippen LogP) is -2.48. The lowest BCUT2D eigenvalue weighted by Crippen LogP contribution is -3.00. The van der Waals surface area contributed by atoms with Gasteiger partial charge in [-0.1, -0.05) is 5.10 Å². The van der Waals surface area contributed by atoms with Gasteiger partial charge in [0.15, 0.2) is 5.84 Å². The molecule has 3 nitrogen and oxygen atoms in total. The molecular weight excluding hydrogens is 253 g/mol. The van der Waals surface area contributed by atoms with E-state index in [-0.39, 0.29) is 24.0 Å². The zero-order valence-corrected chi connectivity index (χ0v) is 9.50. The fourth-order valence-electron chi connectivity index (χ4n) is 1.11. The van der Waals surface area contributed by atoms with Gasteiger partial charge in [-0.25, -0.2) is 0 Å². The Morgan fingerprint density at radius 2 is 2.09 bits per heavy atom. The summed E-state index contributed by atoms with van der Waals surface area (Å²) in [4.78, 5) is 0. The molecule has 1 atom stereocenters. The van der Waals surface area contributed by atoms with Crippen LogP contribution in [-0.2, 0) is 0 Å². The molecule has 0 aromatic heterocycles. The summed E-state index contributed by atoms with van der Waals surface area (Å²) in [7, 11) is 2.12. The molecule has 1 rings (SSSR count). The van der Waals surface area contributed by atoms with Gasteiger partial charge in [-0.2, -0.15) is 4.59 Å². The van der Waals surface area contributed by atoms with Gasteiger partial charge in [-0.15, -0.1) is 0 Å². The first-order chi connectivity index (χ1) is 4.54. The molecule has 2 N–H and O–H groups in total. The largest absolute Gasteiger partial charge is 1.00 e. The zero-order chi connectivity index (χ0) is 7.78. The molecule has 0 saturated heterocycles. The van der Waals surface area contributed by atoms with Crippen LogP contribution >= 0.6 is 0 Å². The van der Waals surface area contributed by atoms with Crippen molar-refractivity contribution in [2.75, 3.05) is 13.6 Å². The van der Waals surface area contributed by atoms with Crippen LogP contribution in [0.15, 0.2) is 5.10 Å². The molecule has 0 aromatic rings. The standard InChI is InChI=1S/C7H16N3.HI/c1-6(2)10(3)5-4-7(8)9-10;/h6H,4-5H2,1-3H3,(H2,8,9);1H/q+1;/p-1. The summed E-state index contributed by atoms with van der Waals surface area (Å²) in [6, 6.07) is 0.543. The quantitative estimate of drug-likeness (QED) is 0.415. The minimum atomic E-state index is 0. The average molecular weight is 269 g/mol. The van der Waals surface area contributed by atoms with Crippen LogP contribution in [0, 0.1) is 0 Å². The van der Waals surface area contributed by atoms with Gasteiger partial charge in [0.2, 0.25) is 0 Å². The fourth-order valence-corrected chi connectivity index (χ4v) is 1.11. The van der Waals surface area contributed by atoms with Gasteiger partial charge < -0.3 is 29.7 Å². The van der Waals surface area contributed by atoms with Crippen LogP contribution in [-0.4, -0.2) is 30.1 Å². The topological polar surface area (TPSA) is 38.4 Å². The van der Waals surface area contributed by atoms with Crippen molar-refractivity contribution >= 4 is 5.84 Å². The highest BCUT2D eigenvalue weighted by atomic mass is 127. The van der Waals surface area contributed by atoms with E-state index in [1.165, 1.54) is 0 Å². The molecule has 0 aliphatic carbocycles. The lowest BCUT2D eigenvalue weighted by Gasteiger charge is -2.27. The Morgan fingerprint density at radius 1 is 1.55 bits per heavy atom. The van der Waals surface area contributed by atoms with Crippen LogP contribution in [0.25, 0.3) is 0 Å². The summed E-state index contributed by atoms with van der Waals surface area (Å²) in [5, 5.41) is 4.35. The van der Waals surface area contributed by atoms with E-state index in [2.05, 4.69) is 26.0 Å². The van der Waals surface area contributed by atoms with Crippen molar-refractivity contribution in [3.8, 4) is 0 Å². The maximum absolute atomic E-state index is 5.58. The van der Waals surface area contributed by atoms with E-state index in [0.717, 1.165) is 23.4 Å². The van der Waals surface area contributed by atoms with Crippen molar-refractivity contribution in [3.05, 3.63) is 0 Å². The van der Waals surface area contributed by atoms with Crippen LogP contribution in [0.5, 0.6) is 0 Å². The summed E-state index contributed by atoms with van der Waals surface area (Å²) in [5.41, 5.74) is 5.58. The van der Waals surface area contributed by atoms with E-state index in [0.29, 0.717) is 6.04 Å². The Morgan fingerprint density at radius 3 is 2.27 bits per heavy atom. The first kappa shape index (κ1) is 11.2. The van der Waals surface area contributed by atoms with Crippen LogP contribution in [0.1, 0.15) is 20.3 Å². The number of amidine groups is 1. The second-order valence-corrected chi connectivity index (χ2v) is 3.37. The van der Waals surface area contributed by atoms with Crippen LogP contribution in [0.2, 0.25) is 0 Å². The summed E-state index contributed by atoms with van der Waals surface area (Å²) in [6.45, 7) is 5.40. The summed E-state index contributed by atoms with van der Waals surface area (Å²) in [5.74, 6) is 0.802. The summed E-state index contributed by atoms with van der Waals surface area (Å²) in [6.07, 6.45) is 0.953. The van der Waals surface area contributed by atoms with Crippen molar-refractivity contribution < 1.29 is 28.6 Å². The number of hydrogen-bond donors (Lipinski definition) is 1. The third-order valence-corrected chi connectivity index (χ3v) is 2.29. The van der Waals surface area contributed by atoms with E-state index in [1.54, 1.807) is 0 Å². The Balaban J connectivity index is 0.000001000. The van der Waals surface area contributed by atoms with Crippen molar-refractivity contribution in [1.29, 1.82) is 0 Å². The number of rotatable bonds is 1. The Labute approximate surface area is 85.2 Å². The SMILES string of the molecule is CC(C)[N+]1(C)CCC(N)=N1.[I-]. The van der Waals surface area contributed by atoms with E-state index in [9.17, 15) is 0 Å². The van der Waals surface area contributed by atoms with E-state index < -0.39 is 0 Å². The average Bonchev–Trinajstić information content (AvgIpc) is 2.13. The smallest absolute Gasteiger partial charge is 0.161 e. The lowest BCUT2D eigenvalue weighted by molar-refractivity contribution is -0.930. The molecule has 0 radical (unpaired) electrons. The summed E-state index contributed by atoms with van der Waals surface area (Å²) < 4.78 is 0.756. The van der Waals surface area contributed by atoms with Gasteiger partial charge in [0, 0.05) is 0 Å². The van der Waals surface area contributed by atoms with Gasteiger partial charge >= 0.3 is 0 Å². The van der Waals surface area contributed by atoms with Crippen molar-refractivity contribution in [2.45, 2.75) is 26.3 Å². The Bertz CT molecular complexity index is 167. The summed E-state index contributed by atoms with van der Waals surface area (Å²) >= 11 is 0. The van der Waals surface area contributed by atoms with Gasteiger partial charge in [-0.3, -0.25) is 0 Å².